The molecule has 3 rings (SSSR count). The molecule has 0 saturated heterocycles. The molecule has 0 aromatic heterocycles. The van der Waals surface area contributed by atoms with Crippen LogP contribution in [0.15, 0.2) is 83.8 Å². The van der Waals surface area contributed by atoms with E-state index < -0.39 is 0 Å². The van der Waals surface area contributed by atoms with Crippen LogP contribution in [0.3, 0.4) is 0 Å². The minimum absolute atomic E-state index is 0.0885. The summed E-state index contributed by atoms with van der Waals surface area (Å²) in [6, 6.07) is 24.3. The number of nitrogens with one attached hydrogen (secondary N) is 1. The van der Waals surface area contributed by atoms with Gasteiger partial charge in [-0.1, -0.05) is 42.5 Å². The van der Waals surface area contributed by atoms with Gasteiger partial charge in [0.15, 0.2) is 0 Å². The molecule has 2 nitrogen and oxygen atoms in total. The number of hydrogen-bond donors (Lipinski definition) is 1. The first-order valence-electron chi connectivity index (χ1n) is 8.50. The third-order valence-electron chi connectivity index (χ3n) is 3.98. The molecule has 1 N–H and O–H groups in total. The molecule has 1 amide bonds. The monoisotopic (exact) mass is 365 g/mol. The molecule has 0 aliphatic carbocycles. The van der Waals surface area contributed by atoms with Gasteiger partial charge in [0.2, 0.25) is 0 Å². The number of amides is 1. The number of halogens is 1. The highest BCUT2D eigenvalue weighted by atomic mass is 32.2. The van der Waals surface area contributed by atoms with Crippen LogP contribution < -0.4 is 5.32 Å². The highest BCUT2D eigenvalue weighted by molar-refractivity contribution is 7.98. The molecule has 3 aromatic rings. The molecule has 132 valence electrons. The second kappa shape index (κ2) is 9.20. The van der Waals surface area contributed by atoms with Crippen molar-refractivity contribution in [2.75, 3.05) is 6.54 Å². The lowest BCUT2D eigenvalue weighted by Crippen LogP contribution is -2.25. The fourth-order valence-electron chi connectivity index (χ4n) is 2.51. The van der Waals surface area contributed by atoms with Crippen LogP contribution in [0.1, 0.15) is 21.5 Å². The first-order chi connectivity index (χ1) is 12.7. The van der Waals surface area contributed by atoms with E-state index in [1.807, 2.05) is 42.5 Å². The zero-order valence-corrected chi connectivity index (χ0v) is 15.1. The van der Waals surface area contributed by atoms with Crippen molar-refractivity contribution in [2.45, 2.75) is 17.1 Å². The molecule has 4 heteroatoms. The lowest BCUT2D eigenvalue weighted by Gasteiger charge is -2.07. The van der Waals surface area contributed by atoms with Crippen molar-refractivity contribution in [1.29, 1.82) is 0 Å². The Labute approximate surface area is 157 Å². The van der Waals surface area contributed by atoms with E-state index in [0.29, 0.717) is 18.5 Å². The van der Waals surface area contributed by atoms with Gasteiger partial charge in [-0.25, -0.2) is 4.39 Å². The summed E-state index contributed by atoms with van der Waals surface area (Å²) < 4.78 is 12.9. The fraction of sp³-hybridized carbons (Fsp3) is 0.136. The number of benzene rings is 3. The first-order valence-corrected chi connectivity index (χ1v) is 9.49. The molecule has 0 atom stereocenters. The van der Waals surface area contributed by atoms with E-state index in [-0.39, 0.29) is 11.7 Å². The molecule has 26 heavy (non-hydrogen) atoms. The molecular weight excluding hydrogens is 345 g/mol. The minimum Gasteiger partial charge on any atom is -0.352 e. The van der Waals surface area contributed by atoms with Gasteiger partial charge < -0.3 is 5.32 Å². The second-order valence-corrected chi connectivity index (χ2v) is 6.98. The van der Waals surface area contributed by atoms with Gasteiger partial charge in [0.25, 0.3) is 5.91 Å². The Hall–Kier alpha value is -2.59. The zero-order valence-electron chi connectivity index (χ0n) is 14.3. The Morgan fingerprint density at radius 3 is 2.19 bits per heavy atom. The van der Waals surface area contributed by atoms with Gasteiger partial charge in [-0.3, -0.25) is 4.79 Å². The molecular formula is C22H20FNOS. The summed E-state index contributed by atoms with van der Waals surface area (Å²) >= 11 is 1.77. The van der Waals surface area contributed by atoms with Gasteiger partial charge in [0.1, 0.15) is 5.82 Å². The molecule has 0 saturated carbocycles. The average Bonchev–Trinajstić information content (AvgIpc) is 2.69. The third kappa shape index (κ3) is 5.46. The van der Waals surface area contributed by atoms with Crippen LogP contribution in [0.2, 0.25) is 0 Å². The number of thioether (sulfide) groups is 1. The smallest absolute Gasteiger partial charge is 0.251 e. The van der Waals surface area contributed by atoms with E-state index in [0.717, 1.165) is 11.3 Å². The predicted molar refractivity (Wildman–Crippen MR) is 105 cm³/mol. The maximum atomic E-state index is 12.9. The Kier molecular flexibility index (Phi) is 6.45. The largest absolute Gasteiger partial charge is 0.352 e. The van der Waals surface area contributed by atoms with Crippen LogP contribution in [-0.2, 0) is 12.2 Å². The molecule has 0 aliphatic rings. The van der Waals surface area contributed by atoms with Crippen molar-refractivity contribution in [3.63, 3.8) is 0 Å². The average molecular weight is 365 g/mol. The van der Waals surface area contributed by atoms with Crippen molar-refractivity contribution >= 4 is 17.7 Å². The normalized spacial score (nSPS) is 10.5. The van der Waals surface area contributed by atoms with Crippen LogP contribution >= 0.6 is 11.8 Å². The van der Waals surface area contributed by atoms with Crippen LogP contribution in [0, 0.1) is 5.82 Å². The van der Waals surface area contributed by atoms with Crippen molar-refractivity contribution in [1.82, 2.24) is 5.32 Å². The van der Waals surface area contributed by atoms with E-state index in [2.05, 4.69) is 17.4 Å². The van der Waals surface area contributed by atoms with Crippen molar-refractivity contribution in [3.05, 3.63) is 101 Å². The molecule has 0 spiro atoms. The SMILES string of the molecule is O=C(NCCc1ccc(F)cc1)c1ccc(CSc2ccccc2)cc1. The van der Waals surface area contributed by atoms with Crippen molar-refractivity contribution < 1.29 is 9.18 Å². The number of carbonyl (C=O) groups excluding carboxylic acids is 1. The van der Waals surface area contributed by atoms with Crippen LogP contribution in [0.4, 0.5) is 4.39 Å². The molecule has 0 radical (unpaired) electrons. The van der Waals surface area contributed by atoms with Gasteiger partial charge in [-0.05, 0) is 53.9 Å². The Morgan fingerprint density at radius 2 is 1.50 bits per heavy atom. The third-order valence-corrected chi connectivity index (χ3v) is 5.06. The van der Waals surface area contributed by atoms with Gasteiger partial charge in [-0.15, -0.1) is 11.8 Å². The van der Waals surface area contributed by atoms with Crippen LogP contribution in [0.25, 0.3) is 0 Å². The zero-order chi connectivity index (χ0) is 18.2. The van der Waals surface area contributed by atoms with Gasteiger partial charge in [0, 0.05) is 22.8 Å². The van der Waals surface area contributed by atoms with Gasteiger partial charge >= 0.3 is 0 Å². The van der Waals surface area contributed by atoms with Crippen LogP contribution in [0.5, 0.6) is 0 Å². The van der Waals surface area contributed by atoms with Gasteiger partial charge in [0.05, 0.1) is 0 Å². The molecule has 0 unspecified atom stereocenters. The second-order valence-electron chi connectivity index (χ2n) is 5.93. The molecule has 0 aliphatic heterocycles. The summed E-state index contributed by atoms with van der Waals surface area (Å²) in [4.78, 5) is 13.4. The number of carbonyl (C=O) groups is 1. The maximum absolute atomic E-state index is 12.9. The van der Waals surface area contributed by atoms with E-state index >= 15 is 0 Å². The van der Waals surface area contributed by atoms with E-state index in [4.69, 9.17) is 0 Å². The van der Waals surface area contributed by atoms with Crippen molar-refractivity contribution in [3.8, 4) is 0 Å². The van der Waals surface area contributed by atoms with E-state index in [9.17, 15) is 9.18 Å². The molecule has 0 bridgehead atoms. The highest BCUT2D eigenvalue weighted by Crippen LogP contribution is 2.22. The molecule has 0 heterocycles. The fourth-order valence-corrected chi connectivity index (χ4v) is 3.38. The number of hydrogen-bond acceptors (Lipinski definition) is 2. The van der Waals surface area contributed by atoms with E-state index in [1.54, 1.807) is 23.9 Å². The topological polar surface area (TPSA) is 29.1 Å². The highest BCUT2D eigenvalue weighted by Gasteiger charge is 2.05. The summed E-state index contributed by atoms with van der Waals surface area (Å²) in [6.07, 6.45) is 0.678. The quantitative estimate of drug-likeness (QED) is 0.591. The Morgan fingerprint density at radius 1 is 0.846 bits per heavy atom. The van der Waals surface area contributed by atoms with Crippen molar-refractivity contribution in [2.24, 2.45) is 0 Å². The molecule has 0 fully saturated rings. The summed E-state index contributed by atoms with van der Waals surface area (Å²) in [7, 11) is 0. The Bertz CT molecular complexity index is 832. The summed E-state index contributed by atoms with van der Waals surface area (Å²) in [5.74, 6) is 0.536. The first kappa shape index (κ1) is 18.2. The lowest BCUT2D eigenvalue weighted by molar-refractivity contribution is 0.0954. The van der Waals surface area contributed by atoms with Crippen LogP contribution in [-0.4, -0.2) is 12.5 Å². The Balaban J connectivity index is 1.46. The lowest BCUT2D eigenvalue weighted by atomic mass is 10.1. The van der Waals surface area contributed by atoms with Gasteiger partial charge in [-0.2, -0.15) is 0 Å². The maximum Gasteiger partial charge on any atom is 0.251 e. The molecule has 3 aromatic carbocycles. The number of rotatable bonds is 7. The minimum atomic E-state index is -0.247. The summed E-state index contributed by atoms with van der Waals surface area (Å²) in [5, 5.41) is 2.90. The van der Waals surface area contributed by atoms with E-state index in [1.165, 1.54) is 22.6 Å². The summed E-state index contributed by atoms with van der Waals surface area (Å²) in [5.41, 5.74) is 2.83. The predicted octanol–water partition coefficient (Wildman–Crippen LogP) is 5.09. The standard InChI is InChI=1S/C22H20FNOS/c23-20-12-8-17(9-13-20)14-15-24-22(25)19-10-6-18(7-11-19)16-26-21-4-2-1-3-5-21/h1-13H,14-16H2,(H,24,25). The summed E-state index contributed by atoms with van der Waals surface area (Å²) in [6.45, 7) is 0.524.